The number of benzene rings is 4. The van der Waals surface area contributed by atoms with Crippen LogP contribution < -0.4 is 0 Å². The van der Waals surface area contributed by atoms with E-state index >= 15 is 0 Å². The summed E-state index contributed by atoms with van der Waals surface area (Å²) in [6.45, 7) is 0.0917. The Morgan fingerprint density at radius 1 is 0.789 bits per heavy atom. The zero-order chi connectivity index (χ0) is 26.3. The summed E-state index contributed by atoms with van der Waals surface area (Å²) in [5.74, 6) is -0.242. The molecule has 5 rings (SSSR count). The second kappa shape index (κ2) is 11.4. The minimum absolute atomic E-state index is 0.0917. The normalized spacial score (nSPS) is 17.1. The van der Waals surface area contributed by atoms with E-state index in [1.807, 2.05) is 115 Å². The molecule has 0 N–H and O–H groups in total. The molecule has 1 unspecified atom stereocenters. The van der Waals surface area contributed by atoms with E-state index in [-0.39, 0.29) is 18.6 Å². The summed E-state index contributed by atoms with van der Waals surface area (Å²) in [6, 6.07) is 37.5. The maximum Gasteiger partial charge on any atom is 0.421 e. The van der Waals surface area contributed by atoms with Gasteiger partial charge in [0.1, 0.15) is 6.61 Å². The van der Waals surface area contributed by atoms with Gasteiger partial charge in [-0.1, -0.05) is 109 Å². The highest BCUT2D eigenvalue weighted by molar-refractivity contribution is 6.08. The van der Waals surface area contributed by atoms with E-state index in [4.69, 9.17) is 4.74 Å². The summed E-state index contributed by atoms with van der Waals surface area (Å²) in [7, 11) is 1.83. The minimum atomic E-state index is -0.610. The van der Waals surface area contributed by atoms with Crippen LogP contribution in [0.4, 0.5) is 4.79 Å². The lowest BCUT2D eigenvalue weighted by molar-refractivity contribution is 0.0999. The lowest BCUT2D eigenvalue weighted by Crippen LogP contribution is -2.37. The molecule has 1 saturated heterocycles. The molecule has 38 heavy (non-hydrogen) atoms. The molecule has 0 aliphatic carbocycles. The summed E-state index contributed by atoms with van der Waals surface area (Å²) < 4.78 is 5.76. The van der Waals surface area contributed by atoms with Crippen LogP contribution in [0.1, 0.15) is 33.1 Å². The lowest BCUT2D eigenvalue weighted by atomic mass is 10.0. The van der Waals surface area contributed by atoms with Gasteiger partial charge in [-0.05, 0) is 34.9 Å². The highest BCUT2D eigenvalue weighted by Gasteiger charge is 2.43. The molecular formula is C32H27N3O3. The van der Waals surface area contributed by atoms with Crippen LogP contribution in [0.2, 0.25) is 0 Å². The van der Waals surface area contributed by atoms with E-state index in [0.717, 1.165) is 16.7 Å². The number of hydrogen-bond donors (Lipinski definition) is 0. The van der Waals surface area contributed by atoms with Crippen LogP contribution in [0.15, 0.2) is 132 Å². The molecule has 1 atom stereocenters. The average molecular weight is 502 g/mol. The van der Waals surface area contributed by atoms with Crippen molar-refractivity contribution in [2.24, 2.45) is 4.99 Å². The topological polar surface area (TPSA) is 62.2 Å². The van der Waals surface area contributed by atoms with E-state index in [0.29, 0.717) is 11.3 Å². The number of rotatable bonds is 5. The molecule has 1 heterocycles. The predicted octanol–water partition coefficient (Wildman–Crippen LogP) is 6.55. The Morgan fingerprint density at radius 3 is 1.97 bits per heavy atom. The quantitative estimate of drug-likeness (QED) is 0.311. The fourth-order valence-electron chi connectivity index (χ4n) is 4.44. The lowest BCUT2D eigenvalue weighted by Gasteiger charge is -2.20. The van der Waals surface area contributed by atoms with Crippen LogP contribution in [0.3, 0.4) is 0 Å². The Bertz CT molecular complexity index is 1450. The summed E-state index contributed by atoms with van der Waals surface area (Å²) in [5.41, 5.74) is 3.80. The van der Waals surface area contributed by atoms with Crippen LogP contribution in [0.5, 0.6) is 0 Å². The fraction of sp³-hybridized carbons (Fsp3) is 0.0938. The van der Waals surface area contributed by atoms with E-state index < -0.39 is 12.0 Å². The van der Waals surface area contributed by atoms with Crippen molar-refractivity contribution < 1.29 is 14.3 Å². The molecule has 6 heteroatoms. The van der Waals surface area contributed by atoms with Crippen molar-refractivity contribution in [2.45, 2.75) is 12.6 Å². The van der Waals surface area contributed by atoms with E-state index in [9.17, 15) is 9.59 Å². The highest BCUT2D eigenvalue weighted by Crippen LogP contribution is 2.39. The molecular weight excluding hydrogens is 474 g/mol. The number of aliphatic imine (C=N–C) groups is 1. The Labute approximate surface area is 222 Å². The van der Waals surface area contributed by atoms with Gasteiger partial charge < -0.3 is 9.64 Å². The maximum atomic E-state index is 13.7. The van der Waals surface area contributed by atoms with Gasteiger partial charge >= 0.3 is 6.09 Å². The second-order valence-electron chi connectivity index (χ2n) is 8.86. The van der Waals surface area contributed by atoms with Gasteiger partial charge in [0.05, 0.1) is 11.7 Å². The number of carbonyl (C=O) groups is 2. The summed E-state index contributed by atoms with van der Waals surface area (Å²) in [5, 5.41) is 0. The van der Waals surface area contributed by atoms with Crippen molar-refractivity contribution in [1.29, 1.82) is 0 Å². The standard InChI is InChI=1S/C32H27N3O3/c1-34-29(26-18-10-4-11-19-26)28(22-24-14-6-2-7-15-24)35(32(37)38-23-25-16-8-3-9-17-25)31(34)33-30(36)27-20-12-5-13-21-27/h2-22,29H,23H2,1H3/b28-22-,33-31?. The molecule has 1 aliphatic rings. The first-order chi connectivity index (χ1) is 18.6. The SMILES string of the molecule is CN1C(=NC(=O)c2ccccc2)N(C(=O)OCc2ccccc2)/C(=C\c2ccccc2)C1c1ccccc1. The number of nitrogens with zero attached hydrogens (tertiary/aromatic N) is 3. The highest BCUT2D eigenvalue weighted by atomic mass is 16.6. The number of guanidine groups is 1. The summed E-state index contributed by atoms with van der Waals surface area (Å²) in [4.78, 5) is 34.6. The van der Waals surface area contributed by atoms with Gasteiger partial charge in [-0.25, -0.2) is 9.69 Å². The van der Waals surface area contributed by atoms with Crippen LogP contribution in [0, 0.1) is 0 Å². The zero-order valence-electron chi connectivity index (χ0n) is 21.0. The van der Waals surface area contributed by atoms with Gasteiger partial charge in [-0.2, -0.15) is 4.99 Å². The number of likely N-dealkylation sites (N-methyl/N-ethyl adjacent to an activating group) is 1. The number of carbonyl (C=O) groups excluding carboxylic acids is 2. The van der Waals surface area contributed by atoms with Crippen molar-refractivity contribution in [3.8, 4) is 0 Å². The van der Waals surface area contributed by atoms with Gasteiger partial charge in [-0.15, -0.1) is 0 Å². The van der Waals surface area contributed by atoms with Gasteiger partial charge in [-0.3, -0.25) is 4.79 Å². The number of hydrogen-bond acceptors (Lipinski definition) is 3. The maximum absolute atomic E-state index is 13.7. The first kappa shape index (κ1) is 24.7. The van der Waals surface area contributed by atoms with Crippen LogP contribution in [-0.2, 0) is 11.3 Å². The molecule has 0 spiro atoms. The molecule has 0 bridgehead atoms. The molecule has 4 aromatic carbocycles. The molecule has 6 nitrogen and oxygen atoms in total. The first-order valence-corrected chi connectivity index (χ1v) is 12.3. The monoisotopic (exact) mass is 501 g/mol. The van der Waals surface area contributed by atoms with E-state index in [2.05, 4.69) is 4.99 Å². The Hall–Kier alpha value is -4.97. The Morgan fingerprint density at radius 2 is 1.34 bits per heavy atom. The van der Waals surface area contributed by atoms with E-state index in [1.165, 1.54) is 4.90 Å². The van der Waals surface area contributed by atoms with Crippen LogP contribution in [0.25, 0.3) is 6.08 Å². The Kier molecular flexibility index (Phi) is 7.41. The van der Waals surface area contributed by atoms with Gasteiger partial charge in [0.25, 0.3) is 5.91 Å². The summed E-state index contributed by atoms with van der Waals surface area (Å²) >= 11 is 0. The summed E-state index contributed by atoms with van der Waals surface area (Å²) in [6.07, 6.45) is 1.33. The van der Waals surface area contributed by atoms with Gasteiger partial charge in [0, 0.05) is 12.6 Å². The number of ether oxygens (including phenoxy) is 1. The molecule has 1 aliphatic heterocycles. The third kappa shape index (κ3) is 5.39. The fourth-order valence-corrected chi connectivity index (χ4v) is 4.44. The molecule has 0 aromatic heterocycles. The molecule has 188 valence electrons. The van der Waals surface area contributed by atoms with Gasteiger partial charge in [0.2, 0.25) is 5.96 Å². The largest absolute Gasteiger partial charge is 0.444 e. The molecule has 2 amide bonds. The van der Waals surface area contributed by atoms with Crippen molar-refractivity contribution in [3.63, 3.8) is 0 Å². The first-order valence-electron chi connectivity index (χ1n) is 12.3. The van der Waals surface area contributed by atoms with Crippen molar-refractivity contribution in [2.75, 3.05) is 7.05 Å². The number of amides is 2. The van der Waals surface area contributed by atoms with Crippen molar-refractivity contribution in [3.05, 3.63) is 149 Å². The molecule has 0 saturated carbocycles. The zero-order valence-corrected chi connectivity index (χ0v) is 21.0. The minimum Gasteiger partial charge on any atom is -0.444 e. The average Bonchev–Trinajstić information content (AvgIpc) is 3.24. The second-order valence-corrected chi connectivity index (χ2v) is 8.86. The molecule has 1 fully saturated rings. The molecule has 4 aromatic rings. The third-order valence-electron chi connectivity index (χ3n) is 6.28. The van der Waals surface area contributed by atoms with Crippen LogP contribution in [-0.4, -0.2) is 34.8 Å². The van der Waals surface area contributed by atoms with Crippen molar-refractivity contribution >= 4 is 24.0 Å². The van der Waals surface area contributed by atoms with Crippen LogP contribution >= 0.6 is 0 Å². The van der Waals surface area contributed by atoms with Crippen molar-refractivity contribution in [1.82, 2.24) is 9.80 Å². The molecule has 0 radical (unpaired) electrons. The third-order valence-corrected chi connectivity index (χ3v) is 6.28. The van der Waals surface area contributed by atoms with E-state index in [1.54, 1.807) is 24.3 Å². The van der Waals surface area contributed by atoms with Gasteiger partial charge in [0.15, 0.2) is 0 Å². The Balaban J connectivity index is 1.61. The smallest absolute Gasteiger partial charge is 0.421 e. The predicted molar refractivity (Wildman–Crippen MR) is 148 cm³/mol.